The molecule has 6 heterocycles. The number of fused-ring (bicyclic) bond motifs is 2. The molecule has 7 nitrogen and oxygen atoms in total. The lowest BCUT2D eigenvalue weighted by Gasteiger charge is -1.99. The van der Waals surface area contributed by atoms with E-state index in [1.807, 2.05) is 24.3 Å². The number of nitrogens with zero attached hydrogens (tertiary/aromatic N) is 5. The lowest BCUT2D eigenvalue weighted by Crippen LogP contribution is -1.89. The van der Waals surface area contributed by atoms with Gasteiger partial charge in [0.1, 0.15) is 22.6 Å². The Kier molecular flexibility index (Phi) is 3.68. The molecule has 144 valence electrons. The van der Waals surface area contributed by atoms with Crippen LogP contribution < -0.4 is 0 Å². The first-order valence-corrected chi connectivity index (χ1v) is 9.93. The molecule has 0 atom stereocenters. The first-order chi connectivity index (χ1) is 14.8. The Morgan fingerprint density at radius 3 is 2.73 bits per heavy atom. The summed E-state index contributed by atoms with van der Waals surface area (Å²) in [6.07, 6.45) is 6.64. The highest BCUT2D eigenvalue weighted by Gasteiger charge is 2.16. The molecule has 0 spiro atoms. The monoisotopic (exact) mass is 413 g/mol. The molecule has 9 heteroatoms. The Morgan fingerprint density at radius 2 is 1.90 bits per heavy atom. The van der Waals surface area contributed by atoms with Crippen LogP contribution in [0.2, 0.25) is 0 Å². The average molecular weight is 413 g/mol. The van der Waals surface area contributed by atoms with Gasteiger partial charge in [0.2, 0.25) is 0 Å². The van der Waals surface area contributed by atoms with Gasteiger partial charge in [-0.25, -0.2) is 9.97 Å². The minimum atomic E-state index is -0.218. The number of hydrogen-bond donors (Lipinski definition) is 2. The van der Waals surface area contributed by atoms with E-state index < -0.39 is 0 Å². The number of nitrogens with one attached hydrogen (secondary N) is 2. The molecule has 6 rings (SSSR count). The highest BCUT2D eigenvalue weighted by molar-refractivity contribution is 7.14. The highest BCUT2D eigenvalue weighted by Crippen LogP contribution is 2.35. The molecule has 0 amide bonds. The third-order valence-corrected chi connectivity index (χ3v) is 5.77. The van der Waals surface area contributed by atoms with Crippen molar-refractivity contribution in [1.29, 1.82) is 0 Å². The molecule has 0 saturated heterocycles. The van der Waals surface area contributed by atoms with Crippen molar-refractivity contribution in [2.75, 3.05) is 0 Å². The number of aromatic amines is 2. The summed E-state index contributed by atoms with van der Waals surface area (Å²) in [4.78, 5) is 21.8. The second-order valence-electron chi connectivity index (χ2n) is 6.66. The van der Waals surface area contributed by atoms with Gasteiger partial charge in [0.25, 0.3) is 0 Å². The maximum Gasteiger partial charge on any atom is 0.176 e. The summed E-state index contributed by atoms with van der Waals surface area (Å²) in [7, 11) is 0. The van der Waals surface area contributed by atoms with Crippen LogP contribution in [-0.4, -0.2) is 35.1 Å². The first kappa shape index (κ1) is 16.9. The number of rotatable bonds is 3. The van der Waals surface area contributed by atoms with E-state index in [1.165, 1.54) is 6.07 Å². The van der Waals surface area contributed by atoms with Crippen LogP contribution in [0.25, 0.3) is 55.3 Å². The van der Waals surface area contributed by atoms with Crippen molar-refractivity contribution in [2.45, 2.75) is 0 Å². The van der Waals surface area contributed by atoms with Crippen molar-refractivity contribution in [2.24, 2.45) is 0 Å². The minimum Gasteiger partial charge on any atom is -0.338 e. The average Bonchev–Trinajstić information content (AvgIpc) is 3.51. The predicted molar refractivity (Wildman–Crippen MR) is 113 cm³/mol. The number of H-pyrrole nitrogens is 2. The highest BCUT2D eigenvalue weighted by atomic mass is 32.1. The van der Waals surface area contributed by atoms with Gasteiger partial charge in [0, 0.05) is 34.4 Å². The summed E-state index contributed by atoms with van der Waals surface area (Å²) in [6.45, 7) is 0. The van der Waals surface area contributed by atoms with Crippen molar-refractivity contribution >= 4 is 33.4 Å². The van der Waals surface area contributed by atoms with E-state index in [-0.39, 0.29) is 5.13 Å². The van der Waals surface area contributed by atoms with Crippen LogP contribution in [-0.2, 0) is 0 Å². The topological polar surface area (TPSA) is 96.0 Å². The molecule has 0 aliphatic heterocycles. The second kappa shape index (κ2) is 6.53. The van der Waals surface area contributed by atoms with Gasteiger partial charge >= 0.3 is 0 Å². The Bertz CT molecular complexity index is 1520. The fourth-order valence-electron chi connectivity index (χ4n) is 3.49. The number of pyridine rings is 2. The zero-order valence-electron chi connectivity index (χ0n) is 15.3. The number of aromatic nitrogens is 7. The summed E-state index contributed by atoms with van der Waals surface area (Å²) >= 11 is 1.11. The van der Waals surface area contributed by atoms with Crippen LogP contribution in [0.4, 0.5) is 4.39 Å². The number of thiophene rings is 1. The largest absolute Gasteiger partial charge is 0.338 e. The molecule has 0 unspecified atom stereocenters. The minimum absolute atomic E-state index is 0.218. The Balaban J connectivity index is 1.52. The molecule has 2 N–H and O–H groups in total. The van der Waals surface area contributed by atoms with Gasteiger partial charge < -0.3 is 4.98 Å². The van der Waals surface area contributed by atoms with Gasteiger partial charge in [-0.05, 0) is 36.4 Å². The SMILES string of the molecule is Fc1ccc(-c2ccnc3[nH]c(-c4n[nH]c5ccc(-c6cnccn6)nc45)cc23)s1. The first-order valence-electron chi connectivity index (χ1n) is 9.11. The van der Waals surface area contributed by atoms with E-state index in [1.54, 1.807) is 30.9 Å². The molecule has 0 fully saturated rings. The van der Waals surface area contributed by atoms with Crippen LogP contribution >= 0.6 is 11.3 Å². The van der Waals surface area contributed by atoms with Crippen molar-refractivity contribution in [3.63, 3.8) is 0 Å². The summed E-state index contributed by atoms with van der Waals surface area (Å²) in [6, 6.07) is 10.9. The molecule has 0 saturated carbocycles. The van der Waals surface area contributed by atoms with Gasteiger partial charge in [0.15, 0.2) is 5.13 Å². The summed E-state index contributed by atoms with van der Waals surface area (Å²) in [5.41, 5.74) is 6.00. The molecular weight excluding hydrogens is 401 g/mol. The molecule has 6 aromatic rings. The van der Waals surface area contributed by atoms with Gasteiger partial charge in [0.05, 0.1) is 23.1 Å². The van der Waals surface area contributed by atoms with Crippen LogP contribution in [0, 0.1) is 5.13 Å². The van der Waals surface area contributed by atoms with Crippen molar-refractivity contribution in [3.8, 4) is 33.2 Å². The van der Waals surface area contributed by atoms with E-state index in [0.29, 0.717) is 28.2 Å². The number of halogens is 1. The molecule has 0 aromatic carbocycles. The molecule has 0 aliphatic carbocycles. The fourth-order valence-corrected chi connectivity index (χ4v) is 4.26. The molecule has 0 aliphatic rings. The fraction of sp³-hybridized carbons (Fsp3) is 0. The van der Waals surface area contributed by atoms with Crippen molar-refractivity contribution in [1.82, 2.24) is 35.1 Å². The lowest BCUT2D eigenvalue weighted by molar-refractivity contribution is 0.657. The smallest absolute Gasteiger partial charge is 0.176 e. The van der Waals surface area contributed by atoms with Gasteiger partial charge in [-0.2, -0.15) is 9.49 Å². The van der Waals surface area contributed by atoms with Gasteiger partial charge in [-0.3, -0.25) is 15.1 Å². The van der Waals surface area contributed by atoms with Crippen LogP contribution in [0.3, 0.4) is 0 Å². The van der Waals surface area contributed by atoms with Crippen LogP contribution in [0.5, 0.6) is 0 Å². The summed E-state index contributed by atoms with van der Waals surface area (Å²) in [5, 5.41) is 8.17. The molecule has 30 heavy (non-hydrogen) atoms. The summed E-state index contributed by atoms with van der Waals surface area (Å²) < 4.78 is 13.6. The zero-order valence-corrected chi connectivity index (χ0v) is 16.1. The van der Waals surface area contributed by atoms with E-state index in [2.05, 4.69) is 30.1 Å². The third kappa shape index (κ3) is 2.67. The standard InChI is InChI=1S/C21H12FN7S/c22-18-4-3-17(30-18)11-5-6-25-21-12(11)9-15(27-21)20-19-14(28-29-20)2-1-13(26-19)16-10-23-7-8-24-16/h1-10H,(H,25,27)(H,28,29). The lowest BCUT2D eigenvalue weighted by atomic mass is 10.1. The Labute approximate surface area is 172 Å². The Morgan fingerprint density at radius 1 is 0.933 bits per heavy atom. The normalized spacial score (nSPS) is 11.5. The van der Waals surface area contributed by atoms with E-state index in [9.17, 15) is 4.39 Å². The van der Waals surface area contributed by atoms with E-state index in [4.69, 9.17) is 4.98 Å². The van der Waals surface area contributed by atoms with Crippen molar-refractivity contribution in [3.05, 3.63) is 66.3 Å². The third-order valence-electron chi connectivity index (χ3n) is 4.86. The molecule has 0 bridgehead atoms. The van der Waals surface area contributed by atoms with Gasteiger partial charge in [-0.1, -0.05) is 0 Å². The Hall–Kier alpha value is -3.98. The number of hydrogen-bond acceptors (Lipinski definition) is 6. The maximum atomic E-state index is 13.6. The van der Waals surface area contributed by atoms with E-state index >= 15 is 0 Å². The van der Waals surface area contributed by atoms with Crippen LogP contribution in [0.15, 0.2) is 61.2 Å². The maximum absolute atomic E-state index is 13.6. The zero-order chi connectivity index (χ0) is 20.1. The molecular formula is C21H12FN7S. The molecule has 6 aromatic heterocycles. The van der Waals surface area contributed by atoms with Crippen LogP contribution in [0.1, 0.15) is 0 Å². The van der Waals surface area contributed by atoms with Crippen molar-refractivity contribution < 1.29 is 4.39 Å². The summed E-state index contributed by atoms with van der Waals surface area (Å²) in [5.74, 6) is 0. The quantitative estimate of drug-likeness (QED) is 0.433. The molecule has 0 radical (unpaired) electrons. The second-order valence-corrected chi connectivity index (χ2v) is 7.70. The predicted octanol–water partition coefficient (Wildman–Crippen LogP) is 4.83. The van der Waals surface area contributed by atoms with E-state index in [0.717, 1.165) is 38.4 Å². The van der Waals surface area contributed by atoms with Gasteiger partial charge in [-0.15, -0.1) is 11.3 Å².